The summed E-state index contributed by atoms with van der Waals surface area (Å²) >= 11 is 5.79. The molecule has 0 saturated carbocycles. The zero-order chi connectivity index (χ0) is 21.8. The number of rotatable bonds is 6. The molecule has 3 atom stereocenters. The van der Waals surface area contributed by atoms with Gasteiger partial charge in [-0.05, 0) is 49.9 Å². The number of nitrogens with one attached hydrogen (secondary N) is 1. The summed E-state index contributed by atoms with van der Waals surface area (Å²) in [5, 5.41) is 3.20. The Bertz CT molecular complexity index is 938. The molecule has 2 unspecified atom stereocenters. The Labute approximate surface area is 176 Å². The largest absolute Gasteiger partial charge is 0.309 e. The van der Waals surface area contributed by atoms with E-state index in [0.717, 1.165) is 25.1 Å². The summed E-state index contributed by atoms with van der Waals surface area (Å²) in [7, 11) is 0. The highest BCUT2D eigenvalue weighted by atomic mass is 35.5. The second-order valence-electron chi connectivity index (χ2n) is 7.28. The molecule has 6 nitrogen and oxygen atoms in total. The Morgan fingerprint density at radius 1 is 1.27 bits per heavy atom. The van der Waals surface area contributed by atoms with E-state index in [1.54, 1.807) is 19.1 Å². The summed E-state index contributed by atoms with van der Waals surface area (Å²) in [5.41, 5.74) is -0.225. The van der Waals surface area contributed by atoms with E-state index in [2.05, 4.69) is 10.3 Å². The first-order valence-corrected chi connectivity index (χ1v) is 9.95. The lowest BCUT2D eigenvalue weighted by molar-refractivity contribution is -0.121. The quantitative estimate of drug-likeness (QED) is 0.738. The molecule has 2 aromatic rings. The highest BCUT2D eigenvalue weighted by Gasteiger charge is 2.29. The fourth-order valence-electron chi connectivity index (χ4n) is 3.55. The van der Waals surface area contributed by atoms with Crippen LogP contribution in [0.15, 0.2) is 41.5 Å². The third-order valence-corrected chi connectivity index (χ3v) is 5.49. The number of anilines is 1. The topological polar surface area (TPSA) is 67.2 Å². The number of halogens is 4. The van der Waals surface area contributed by atoms with Gasteiger partial charge in [0.1, 0.15) is 5.82 Å². The molecule has 30 heavy (non-hydrogen) atoms. The molecule has 1 saturated heterocycles. The molecule has 10 heteroatoms. The van der Waals surface area contributed by atoms with Crippen molar-refractivity contribution in [3.05, 3.63) is 57.6 Å². The molecule has 0 aromatic carbocycles. The fraction of sp³-hybridized carbons (Fsp3) is 0.450. The van der Waals surface area contributed by atoms with E-state index < -0.39 is 24.3 Å². The van der Waals surface area contributed by atoms with Gasteiger partial charge in [-0.2, -0.15) is 0 Å². The minimum Gasteiger partial charge on any atom is -0.309 e. The lowest BCUT2D eigenvalue weighted by Gasteiger charge is -2.36. The van der Waals surface area contributed by atoms with Gasteiger partial charge < -0.3 is 5.32 Å². The van der Waals surface area contributed by atoms with Gasteiger partial charge in [-0.3, -0.25) is 19.1 Å². The number of nitrogens with zero attached hydrogens (tertiary/aromatic N) is 3. The van der Waals surface area contributed by atoms with Gasteiger partial charge in [0.15, 0.2) is 0 Å². The minimum absolute atomic E-state index is 0.112. The molecule has 2 aromatic heterocycles. The Hall–Kier alpha value is -2.39. The molecule has 1 amide bonds. The second kappa shape index (κ2) is 9.61. The Balaban J connectivity index is 1.70. The molecule has 1 N–H and O–H groups in total. The maximum Gasteiger partial charge on any atom is 0.288 e. The van der Waals surface area contributed by atoms with Crippen LogP contribution in [0.2, 0.25) is 5.02 Å². The van der Waals surface area contributed by atoms with Crippen molar-refractivity contribution in [1.82, 2.24) is 14.5 Å². The van der Waals surface area contributed by atoms with Crippen LogP contribution in [0.25, 0.3) is 0 Å². The van der Waals surface area contributed by atoms with Crippen LogP contribution in [0, 0.1) is 0 Å². The van der Waals surface area contributed by atoms with Gasteiger partial charge in [-0.15, -0.1) is 0 Å². The molecule has 162 valence electrons. The maximum absolute atomic E-state index is 13.7. The van der Waals surface area contributed by atoms with Crippen LogP contribution >= 0.6 is 11.6 Å². The monoisotopic (exact) mass is 442 g/mol. The fourth-order valence-corrected chi connectivity index (χ4v) is 3.66. The third-order valence-electron chi connectivity index (χ3n) is 5.26. The normalized spacial score (nSPS) is 19.5. The Kier molecular flexibility index (Phi) is 7.14. The zero-order valence-corrected chi connectivity index (χ0v) is 17.0. The number of pyridine rings is 2. The van der Waals surface area contributed by atoms with E-state index >= 15 is 0 Å². The summed E-state index contributed by atoms with van der Waals surface area (Å²) in [6, 6.07) is 5.40. The van der Waals surface area contributed by atoms with Crippen LogP contribution in [0.4, 0.5) is 19.0 Å². The summed E-state index contributed by atoms with van der Waals surface area (Å²) in [6.45, 7) is 2.93. The molecule has 1 aliphatic heterocycles. The first-order valence-electron chi connectivity index (χ1n) is 9.57. The number of carbonyl (C=O) groups is 1. The van der Waals surface area contributed by atoms with E-state index in [9.17, 15) is 22.8 Å². The number of hydrogen-bond acceptors (Lipinski definition) is 4. The predicted octanol–water partition coefficient (Wildman–Crippen LogP) is 3.84. The van der Waals surface area contributed by atoms with Crippen LogP contribution < -0.4 is 10.9 Å². The predicted molar refractivity (Wildman–Crippen MR) is 108 cm³/mol. The van der Waals surface area contributed by atoms with Crippen molar-refractivity contribution in [1.29, 1.82) is 0 Å². The van der Waals surface area contributed by atoms with E-state index in [0.29, 0.717) is 34.1 Å². The van der Waals surface area contributed by atoms with Gasteiger partial charge in [-0.25, -0.2) is 18.2 Å². The number of alkyl halides is 3. The van der Waals surface area contributed by atoms with Gasteiger partial charge in [0.25, 0.3) is 12.0 Å². The van der Waals surface area contributed by atoms with Crippen molar-refractivity contribution in [2.24, 2.45) is 0 Å². The summed E-state index contributed by atoms with van der Waals surface area (Å²) in [6.07, 6.45) is -1.86. The van der Waals surface area contributed by atoms with Gasteiger partial charge in [0.05, 0.1) is 11.1 Å². The lowest BCUT2D eigenvalue weighted by Crippen LogP contribution is -2.46. The van der Waals surface area contributed by atoms with E-state index in [-0.39, 0.29) is 11.8 Å². The number of amides is 1. The van der Waals surface area contributed by atoms with Crippen molar-refractivity contribution < 1.29 is 18.0 Å². The number of carbonyl (C=O) groups excluding carboxylic acids is 1. The number of likely N-dealkylation sites (tertiary alicyclic amines) is 1. The molecular formula is C20H22ClF3N4O2. The van der Waals surface area contributed by atoms with Gasteiger partial charge >= 0.3 is 0 Å². The maximum atomic E-state index is 13.7. The average Bonchev–Trinajstić information content (AvgIpc) is 2.74. The summed E-state index contributed by atoms with van der Waals surface area (Å²) in [4.78, 5) is 30.4. The van der Waals surface area contributed by atoms with E-state index in [1.807, 2.05) is 4.90 Å². The van der Waals surface area contributed by atoms with Crippen LogP contribution in [0.3, 0.4) is 0 Å². The first kappa shape index (κ1) is 22.3. The van der Waals surface area contributed by atoms with Crippen molar-refractivity contribution in [3.8, 4) is 0 Å². The molecular weight excluding hydrogens is 421 g/mol. The SMILES string of the molecule is C[C@H](C(=O)Nc1ccc(Cl)cn1)N1CCCC(c2ccc(=O)n(C(F)C(F)F)c2)C1. The molecule has 0 radical (unpaired) electrons. The van der Waals surface area contributed by atoms with Crippen molar-refractivity contribution >= 4 is 23.3 Å². The van der Waals surface area contributed by atoms with E-state index in [4.69, 9.17) is 11.6 Å². The molecule has 0 aliphatic carbocycles. The molecule has 3 heterocycles. The molecule has 1 aliphatic rings. The van der Waals surface area contributed by atoms with Crippen molar-refractivity contribution in [3.63, 3.8) is 0 Å². The number of piperidine rings is 1. The second-order valence-corrected chi connectivity index (χ2v) is 7.71. The first-order chi connectivity index (χ1) is 14.3. The lowest BCUT2D eigenvalue weighted by atomic mass is 9.91. The van der Waals surface area contributed by atoms with Crippen LogP contribution in [-0.4, -0.2) is 45.9 Å². The van der Waals surface area contributed by atoms with Gasteiger partial charge in [-0.1, -0.05) is 17.7 Å². The molecule has 1 fully saturated rings. The smallest absolute Gasteiger partial charge is 0.288 e. The standard InChI is InChI=1S/C20H22ClF3N4O2/c1-12(20(30)26-16-6-5-15(21)9-25-16)27-8-2-3-13(10-27)14-4-7-17(29)28(11-14)19(24)18(22)23/h4-7,9,11-13,18-19H,2-3,8,10H2,1H3,(H,25,26,30)/t12-,13?,19?/m1/s1. The highest BCUT2D eigenvalue weighted by molar-refractivity contribution is 6.30. The van der Waals surface area contributed by atoms with Gasteiger partial charge in [0, 0.05) is 25.0 Å². The zero-order valence-electron chi connectivity index (χ0n) is 16.3. The minimum atomic E-state index is -3.29. The highest BCUT2D eigenvalue weighted by Crippen LogP contribution is 2.28. The summed E-state index contributed by atoms with van der Waals surface area (Å²) in [5.74, 6) is 0.0363. The van der Waals surface area contributed by atoms with Crippen molar-refractivity contribution in [2.75, 3.05) is 18.4 Å². The third kappa shape index (κ3) is 5.20. The molecule has 0 bridgehead atoms. The van der Waals surface area contributed by atoms with Crippen LogP contribution in [0.5, 0.6) is 0 Å². The molecule has 3 rings (SSSR count). The van der Waals surface area contributed by atoms with Crippen LogP contribution in [-0.2, 0) is 4.79 Å². The van der Waals surface area contributed by atoms with E-state index in [1.165, 1.54) is 12.3 Å². The Morgan fingerprint density at radius 2 is 2.03 bits per heavy atom. The van der Waals surface area contributed by atoms with Gasteiger partial charge in [0.2, 0.25) is 12.2 Å². The molecule has 0 spiro atoms. The van der Waals surface area contributed by atoms with Crippen LogP contribution in [0.1, 0.15) is 37.5 Å². The Morgan fingerprint density at radius 3 is 2.70 bits per heavy atom. The number of aromatic nitrogens is 2. The van der Waals surface area contributed by atoms with Crippen molar-refractivity contribution in [2.45, 2.75) is 44.4 Å². The number of hydrogen-bond donors (Lipinski definition) is 1. The average molecular weight is 443 g/mol. The summed E-state index contributed by atoms with van der Waals surface area (Å²) < 4.78 is 39.6.